The number of para-hydroxylation sites is 3. The Balaban J connectivity index is 1.02. The van der Waals surface area contributed by atoms with Crippen LogP contribution >= 0.6 is 0 Å². The summed E-state index contributed by atoms with van der Waals surface area (Å²) in [6, 6.07) is 69.2. The molecule has 8 aromatic carbocycles. The molecule has 6 heteroatoms. The molecule has 0 saturated heterocycles. The van der Waals surface area contributed by atoms with Gasteiger partial charge in [-0.2, -0.15) is 0 Å². The molecule has 0 atom stereocenters. The van der Waals surface area contributed by atoms with E-state index in [2.05, 4.69) is 168 Å². The van der Waals surface area contributed by atoms with Gasteiger partial charge in [-0.05, 0) is 71.8 Å². The third kappa shape index (κ3) is 5.57. The Labute approximate surface area is 344 Å². The maximum absolute atomic E-state index is 6.37. The third-order valence-electron chi connectivity index (χ3n) is 11.4. The second-order valence-corrected chi connectivity index (χ2v) is 15.0. The van der Waals surface area contributed by atoms with Crippen LogP contribution in [0.25, 0.3) is 117 Å². The van der Waals surface area contributed by atoms with Crippen molar-refractivity contribution in [2.45, 2.75) is 0 Å². The maximum atomic E-state index is 6.37. The van der Waals surface area contributed by atoms with Gasteiger partial charge in [0.05, 0.1) is 16.7 Å². The van der Waals surface area contributed by atoms with E-state index in [1.165, 1.54) is 10.8 Å². The summed E-state index contributed by atoms with van der Waals surface area (Å²) in [5.41, 5.74) is 12.6. The highest BCUT2D eigenvalue weighted by Crippen LogP contribution is 2.39. The van der Waals surface area contributed by atoms with Gasteiger partial charge in [0, 0.05) is 54.9 Å². The highest BCUT2D eigenvalue weighted by molar-refractivity contribution is 6.16. The van der Waals surface area contributed by atoms with E-state index in [9.17, 15) is 0 Å². The van der Waals surface area contributed by atoms with Crippen molar-refractivity contribution in [2.75, 3.05) is 0 Å². The van der Waals surface area contributed by atoms with Crippen LogP contribution in [0.3, 0.4) is 0 Å². The van der Waals surface area contributed by atoms with E-state index in [0.717, 1.165) is 88.6 Å². The predicted molar refractivity (Wildman–Crippen MR) is 244 cm³/mol. The number of rotatable bonds is 6. The average molecular weight is 768 g/mol. The van der Waals surface area contributed by atoms with Crippen molar-refractivity contribution < 1.29 is 4.42 Å². The van der Waals surface area contributed by atoms with Crippen molar-refractivity contribution in [2.24, 2.45) is 0 Å². The molecule has 0 aliphatic carbocycles. The summed E-state index contributed by atoms with van der Waals surface area (Å²) in [5.74, 6) is 1.77. The van der Waals surface area contributed by atoms with Gasteiger partial charge in [0.25, 0.3) is 0 Å². The van der Waals surface area contributed by atoms with Crippen molar-refractivity contribution in [3.63, 3.8) is 0 Å². The Kier molecular flexibility index (Phi) is 7.74. The molecule has 0 fully saturated rings. The molecule has 12 rings (SSSR count). The van der Waals surface area contributed by atoms with E-state index in [-0.39, 0.29) is 0 Å². The zero-order valence-corrected chi connectivity index (χ0v) is 32.2. The number of fused-ring (bicyclic) bond motifs is 8. The number of aromatic nitrogens is 5. The molecule has 0 spiro atoms. The topological polar surface area (TPSA) is 69.6 Å². The second kappa shape index (κ2) is 13.7. The lowest BCUT2D eigenvalue weighted by atomic mass is 10.0. The van der Waals surface area contributed by atoms with E-state index < -0.39 is 0 Å². The van der Waals surface area contributed by atoms with Crippen LogP contribution in [0.15, 0.2) is 205 Å². The molecule has 0 N–H and O–H groups in total. The Morgan fingerprint density at radius 1 is 0.333 bits per heavy atom. The smallest absolute Gasteiger partial charge is 0.164 e. The summed E-state index contributed by atoms with van der Waals surface area (Å²) in [7, 11) is 0. The predicted octanol–water partition coefficient (Wildman–Crippen LogP) is 13.8. The first-order valence-electron chi connectivity index (χ1n) is 20.1. The van der Waals surface area contributed by atoms with E-state index in [1.54, 1.807) is 0 Å². The van der Waals surface area contributed by atoms with Gasteiger partial charge in [0.15, 0.2) is 23.1 Å². The molecular formula is C54H33N5O. The van der Waals surface area contributed by atoms with Gasteiger partial charge in [0.2, 0.25) is 0 Å². The standard InChI is InChI=1S/C54H33N5O/c1-2-14-34(15-3-1)36-16-12-18-38(32-36)53-56-52(35-28-30-40(31-29-35)59-46-25-9-6-20-41(46)42-21-7-10-26-47(42)59)57-54(58-53)39-19-13-17-37(33-39)49-43-22-4-5-23-44(43)51-50(55-49)45-24-8-11-27-48(45)60-51/h1-33H. The third-order valence-corrected chi connectivity index (χ3v) is 11.4. The Morgan fingerprint density at radius 2 is 0.833 bits per heavy atom. The highest BCUT2D eigenvalue weighted by Gasteiger charge is 2.19. The van der Waals surface area contributed by atoms with Crippen molar-refractivity contribution in [3.05, 3.63) is 200 Å². The van der Waals surface area contributed by atoms with Gasteiger partial charge in [-0.1, -0.05) is 140 Å². The fraction of sp³-hybridized carbons (Fsp3) is 0. The van der Waals surface area contributed by atoms with Gasteiger partial charge in [-0.25, -0.2) is 19.9 Å². The van der Waals surface area contributed by atoms with E-state index in [1.807, 2.05) is 36.4 Å². The summed E-state index contributed by atoms with van der Waals surface area (Å²) in [6.07, 6.45) is 0. The van der Waals surface area contributed by atoms with Gasteiger partial charge >= 0.3 is 0 Å². The summed E-state index contributed by atoms with van der Waals surface area (Å²) >= 11 is 0. The van der Waals surface area contributed by atoms with Crippen LogP contribution in [0, 0.1) is 0 Å². The van der Waals surface area contributed by atoms with Crippen LogP contribution in [-0.2, 0) is 0 Å². The molecule has 6 nitrogen and oxygen atoms in total. The van der Waals surface area contributed by atoms with Gasteiger partial charge < -0.3 is 8.98 Å². The molecule has 0 radical (unpaired) electrons. The molecule has 0 saturated carbocycles. The first kappa shape index (κ1) is 33.9. The van der Waals surface area contributed by atoms with Crippen molar-refractivity contribution in [3.8, 4) is 62.2 Å². The van der Waals surface area contributed by atoms with Gasteiger partial charge in [-0.15, -0.1) is 0 Å². The monoisotopic (exact) mass is 767 g/mol. The number of nitrogens with zero attached hydrogens (tertiary/aromatic N) is 5. The minimum Gasteiger partial charge on any atom is -0.454 e. The Hall–Kier alpha value is -8.22. The van der Waals surface area contributed by atoms with Gasteiger partial charge in [0.1, 0.15) is 11.1 Å². The lowest BCUT2D eigenvalue weighted by Gasteiger charge is -2.12. The molecule has 60 heavy (non-hydrogen) atoms. The molecule has 4 heterocycles. The normalized spacial score (nSPS) is 11.7. The summed E-state index contributed by atoms with van der Waals surface area (Å²) < 4.78 is 8.69. The first-order chi connectivity index (χ1) is 29.7. The van der Waals surface area contributed by atoms with Crippen LogP contribution in [0.1, 0.15) is 0 Å². The van der Waals surface area contributed by atoms with Crippen LogP contribution in [0.4, 0.5) is 0 Å². The Bertz CT molecular complexity index is 3550. The molecule has 280 valence electrons. The SMILES string of the molecule is c1ccc(-c2cccc(-c3nc(-c4ccc(-n5c6ccccc6c6ccccc65)cc4)nc(-c4cccc(-c5nc6c7ccccc7oc6c6ccccc56)c4)n3)c2)cc1. The number of pyridine rings is 1. The number of hydrogen-bond donors (Lipinski definition) is 0. The molecular weight excluding hydrogens is 735 g/mol. The van der Waals surface area contributed by atoms with Crippen LogP contribution in [-0.4, -0.2) is 24.5 Å². The minimum absolute atomic E-state index is 0.576. The molecule has 0 unspecified atom stereocenters. The quantitative estimate of drug-likeness (QED) is 0.168. The summed E-state index contributed by atoms with van der Waals surface area (Å²) in [6.45, 7) is 0. The fourth-order valence-electron chi connectivity index (χ4n) is 8.60. The van der Waals surface area contributed by atoms with Crippen molar-refractivity contribution in [1.29, 1.82) is 0 Å². The van der Waals surface area contributed by atoms with Crippen LogP contribution in [0.2, 0.25) is 0 Å². The Morgan fingerprint density at radius 3 is 1.52 bits per heavy atom. The zero-order valence-electron chi connectivity index (χ0n) is 32.2. The maximum Gasteiger partial charge on any atom is 0.164 e. The molecule has 4 aromatic heterocycles. The largest absolute Gasteiger partial charge is 0.454 e. The molecule has 0 aliphatic rings. The zero-order chi connectivity index (χ0) is 39.6. The average Bonchev–Trinajstić information content (AvgIpc) is 3.88. The highest BCUT2D eigenvalue weighted by atomic mass is 16.3. The van der Waals surface area contributed by atoms with E-state index in [0.29, 0.717) is 17.5 Å². The van der Waals surface area contributed by atoms with Crippen LogP contribution < -0.4 is 0 Å². The van der Waals surface area contributed by atoms with E-state index in [4.69, 9.17) is 24.4 Å². The van der Waals surface area contributed by atoms with Crippen molar-refractivity contribution in [1.82, 2.24) is 24.5 Å². The van der Waals surface area contributed by atoms with E-state index >= 15 is 0 Å². The second-order valence-electron chi connectivity index (χ2n) is 15.0. The summed E-state index contributed by atoms with van der Waals surface area (Å²) in [4.78, 5) is 20.8. The minimum atomic E-state index is 0.576. The van der Waals surface area contributed by atoms with Crippen molar-refractivity contribution >= 4 is 54.6 Å². The number of furan rings is 1. The summed E-state index contributed by atoms with van der Waals surface area (Å²) in [5, 5.41) is 5.48. The molecule has 0 bridgehead atoms. The lowest BCUT2D eigenvalue weighted by molar-refractivity contribution is 0.672. The fourth-order valence-corrected chi connectivity index (χ4v) is 8.60. The molecule has 0 amide bonds. The molecule has 12 aromatic rings. The number of benzene rings is 8. The lowest BCUT2D eigenvalue weighted by Crippen LogP contribution is -2.01. The number of hydrogen-bond acceptors (Lipinski definition) is 5. The molecule has 0 aliphatic heterocycles. The van der Waals surface area contributed by atoms with Gasteiger partial charge in [-0.3, -0.25) is 0 Å². The first-order valence-corrected chi connectivity index (χ1v) is 20.1. The van der Waals surface area contributed by atoms with Crippen LogP contribution in [0.5, 0.6) is 0 Å².